The quantitative estimate of drug-likeness (QED) is 0.817. The molecule has 1 fully saturated rings. The lowest BCUT2D eigenvalue weighted by atomic mass is 10.1. The maximum Gasteiger partial charge on any atom is 0.356 e. The lowest BCUT2D eigenvalue weighted by Crippen LogP contribution is -2.28. The Kier molecular flexibility index (Phi) is 2.77. The van der Waals surface area contributed by atoms with E-state index >= 15 is 0 Å². The topological polar surface area (TPSA) is 66.3 Å². The first kappa shape index (κ1) is 10.9. The van der Waals surface area contributed by atoms with Gasteiger partial charge in [-0.05, 0) is 19.3 Å². The summed E-state index contributed by atoms with van der Waals surface area (Å²) in [5.41, 5.74) is 0.00394. The normalized spacial score (nSPS) is 24.8. The van der Waals surface area contributed by atoms with Crippen LogP contribution < -0.4 is 4.90 Å². The summed E-state index contributed by atoms with van der Waals surface area (Å²) >= 11 is 0. The van der Waals surface area contributed by atoms with Crippen molar-refractivity contribution in [2.45, 2.75) is 26.3 Å². The molecule has 86 valence electrons. The minimum absolute atomic E-state index is 0.00394. The zero-order valence-electron chi connectivity index (χ0n) is 9.42. The van der Waals surface area contributed by atoms with Crippen LogP contribution in [0.5, 0.6) is 0 Å². The molecule has 16 heavy (non-hydrogen) atoms. The Bertz CT molecular complexity index is 408. The van der Waals surface area contributed by atoms with Crippen molar-refractivity contribution in [2.24, 2.45) is 5.92 Å². The van der Waals surface area contributed by atoms with Gasteiger partial charge in [-0.15, -0.1) is 0 Å². The van der Waals surface area contributed by atoms with Gasteiger partial charge in [-0.2, -0.15) is 0 Å². The zero-order chi connectivity index (χ0) is 11.7. The van der Waals surface area contributed by atoms with Gasteiger partial charge in [-0.25, -0.2) is 9.78 Å². The lowest BCUT2D eigenvalue weighted by Gasteiger charge is -2.22. The van der Waals surface area contributed by atoms with E-state index in [1.165, 1.54) is 6.20 Å². The first-order valence-electron chi connectivity index (χ1n) is 5.40. The smallest absolute Gasteiger partial charge is 0.356 e. The number of hydrogen-bond donors (Lipinski definition) is 1. The predicted molar refractivity (Wildman–Crippen MR) is 59.6 cm³/mol. The van der Waals surface area contributed by atoms with E-state index in [2.05, 4.69) is 28.7 Å². The minimum atomic E-state index is -1.03. The molecule has 0 aliphatic carbocycles. The van der Waals surface area contributed by atoms with E-state index in [0.29, 0.717) is 17.8 Å². The van der Waals surface area contributed by atoms with Crippen molar-refractivity contribution >= 4 is 11.8 Å². The highest BCUT2D eigenvalue weighted by Crippen LogP contribution is 2.26. The molecule has 1 aromatic heterocycles. The molecule has 0 aromatic carbocycles. The number of carboxylic acid groups (broad SMARTS) is 1. The van der Waals surface area contributed by atoms with Crippen LogP contribution in [0.2, 0.25) is 0 Å². The van der Waals surface area contributed by atoms with E-state index in [1.54, 1.807) is 6.20 Å². The van der Waals surface area contributed by atoms with Crippen LogP contribution in [0.1, 0.15) is 30.8 Å². The van der Waals surface area contributed by atoms with Crippen LogP contribution in [0, 0.1) is 5.92 Å². The van der Waals surface area contributed by atoms with Crippen molar-refractivity contribution in [3.05, 3.63) is 18.1 Å². The number of rotatable bonds is 2. The van der Waals surface area contributed by atoms with Crippen LogP contribution in [0.3, 0.4) is 0 Å². The molecule has 0 bridgehead atoms. The average molecular weight is 221 g/mol. The summed E-state index contributed by atoms with van der Waals surface area (Å²) in [6, 6.07) is 0.397. The fourth-order valence-electron chi connectivity index (χ4n) is 2.22. The van der Waals surface area contributed by atoms with E-state index in [0.717, 1.165) is 13.0 Å². The molecule has 0 radical (unpaired) electrons. The van der Waals surface area contributed by atoms with E-state index in [1.807, 2.05) is 0 Å². The maximum atomic E-state index is 10.8. The van der Waals surface area contributed by atoms with Crippen molar-refractivity contribution in [2.75, 3.05) is 11.4 Å². The van der Waals surface area contributed by atoms with Crippen LogP contribution in [0.4, 0.5) is 5.82 Å². The molecule has 0 amide bonds. The monoisotopic (exact) mass is 221 g/mol. The standard InChI is InChI=1S/C11H15N3O2/c1-7-3-8(2)14(6-7)10-5-12-4-9(13-10)11(15)16/h4-5,7-8H,3,6H2,1-2H3,(H,15,16). The second kappa shape index (κ2) is 4.08. The summed E-state index contributed by atoms with van der Waals surface area (Å²) in [6.07, 6.45) is 4.01. The van der Waals surface area contributed by atoms with Gasteiger partial charge >= 0.3 is 5.97 Å². The van der Waals surface area contributed by atoms with Gasteiger partial charge in [-0.3, -0.25) is 4.98 Å². The Morgan fingerprint density at radius 1 is 1.50 bits per heavy atom. The summed E-state index contributed by atoms with van der Waals surface area (Å²) in [5.74, 6) is 0.247. The molecule has 2 unspecified atom stereocenters. The SMILES string of the molecule is CC1CC(C)N(c2cncc(C(=O)O)n2)C1. The zero-order valence-corrected chi connectivity index (χ0v) is 9.42. The lowest BCUT2D eigenvalue weighted by molar-refractivity contribution is 0.0690. The molecule has 5 heteroatoms. The second-order valence-corrected chi connectivity index (χ2v) is 4.41. The van der Waals surface area contributed by atoms with Crippen LogP contribution >= 0.6 is 0 Å². The molecular weight excluding hydrogens is 206 g/mol. The van der Waals surface area contributed by atoms with Gasteiger partial charge < -0.3 is 10.0 Å². The van der Waals surface area contributed by atoms with Crippen LogP contribution in [0.15, 0.2) is 12.4 Å². The Morgan fingerprint density at radius 3 is 2.81 bits per heavy atom. The number of aromatic carboxylic acids is 1. The fraction of sp³-hybridized carbons (Fsp3) is 0.545. The molecule has 0 saturated carbocycles. The number of carbonyl (C=O) groups is 1. The van der Waals surface area contributed by atoms with Gasteiger partial charge in [0.25, 0.3) is 0 Å². The number of aromatic nitrogens is 2. The Morgan fingerprint density at radius 2 is 2.25 bits per heavy atom. The number of anilines is 1. The molecule has 1 saturated heterocycles. The molecule has 1 N–H and O–H groups in total. The van der Waals surface area contributed by atoms with E-state index in [9.17, 15) is 4.79 Å². The minimum Gasteiger partial charge on any atom is -0.476 e. The van der Waals surface area contributed by atoms with Gasteiger partial charge in [0.1, 0.15) is 5.82 Å². The molecular formula is C11H15N3O2. The van der Waals surface area contributed by atoms with Gasteiger partial charge in [0, 0.05) is 12.6 Å². The fourth-order valence-corrected chi connectivity index (χ4v) is 2.22. The Balaban J connectivity index is 2.27. The highest BCUT2D eigenvalue weighted by molar-refractivity contribution is 5.85. The summed E-state index contributed by atoms with van der Waals surface area (Å²) in [4.78, 5) is 20.9. The highest BCUT2D eigenvalue weighted by Gasteiger charge is 2.27. The predicted octanol–water partition coefficient (Wildman–Crippen LogP) is 1.41. The number of nitrogens with zero attached hydrogens (tertiary/aromatic N) is 3. The summed E-state index contributed by atoms with van der Waals surface area (Å²) in [5, 5.41) is 8.85. The average Bonchev–Trinajstić information content (AvgIpc) is 2.58. The summed E-state index contributed by atoms with van der Waals surface area (Å²) in [7, 11) is 0. The Labute approximate surface area is 94.1 Å². The first-order valence-corrected chi connectivity index (χ1v) is 5.40. The van der Waals surface area contributed by atoms with Crippen molar-refractivity contribution < 1.29 is 9.90 Å². The van der Waals surface area contributed by atoms with Gasteiger partial charge in [0.2, 0.25) is 0 Å². The molecule has 2 rings (SSSR count). The summed E-state index contributed by atoms with van der Waals surface area (Å²) in [6.45, 7) is 5.22. The number of hydrogen-bond acceptors (Lipinski definition) is 4. The highest BCUT2D eigenvalue weighted by atomic mass is 16.4. The third-order valence-corrected chi connectivity index (χ3v) is 2.92. The van der Waals surface area contributed by atoms with E-state index < -0.39 is 5.97 Å². The molecule has 1 aliphatic heterocycles. The van der Waals surface area contributed by atoms with Crippen molar-refractivity contribution in [1.82, 2.24) is 9.97 Å². The van der Waals surface area contributed by atoms with Gasteiger partial charge in [0.15, 0.2) is 5.69 Å². The summed E-state index contributed by atoms with van der Waals surface area (Å²) < 4.78 is 0. The van der Waals surface area contributed by atoms with E-state index in [4.69, 9.17) is 5.11 Å². The molecule has 5 nitrogen and oxygen atoms in total. The van der Waals surface area contributed by atoms with Crippen molar-refractivity contribution in [3.8, 4) is 0 Å². The first-order chi connectivity index (χ1) is 7.58. The molecule has 1 aromatic rings. The number of carboxylic acids is 1. The van der Waals surface area contributed by atoms with E-state index in [-0.39, 0.29) is 5.69 Å². The molecule has 2 atom stereocenters. The third-order valence-electron chi connectivity index (χ3n) is 2.92. The van der Waals surface area contributed by atoms with Crippen LogP contribution in [0.25, 0.3) is 0 Å². The molecule has 1 aliphatic rings. The largest absolute Gasteiger partial charge is 0.476 e. The second-order valence-electron chi connectivity index (χ2n) is 4.41. The van der Waals surface area contributed by atoms with Gasteiger partial charge in [0.05, 0.1) is 12.4 Å². The van der Waals surface area contributed by atoms with Crippen molar-refractivity contribution in [3.63, 3.8) is 0 Å². The van der Waals surface area contributed by atoms with Crippen LogP contribution in [-0.2, 0) is 0 Å². The van der Waals surface area contributed by atoms with Crippen LogP contribution in [-0.4, -0.2) is 33.6 Å². The molecule has 2 heterocycles. The maximum absolute atomic E-state index is 10.8. The van der Waals surface area contributed by atoms with Crippen molar-refractivity contribution in [1.29, 1.82) is 0 Å². The third kappa shape index (κ3) is 1.98. The van der Waals surface area contributed by atoms with Gasteiger partial charge in [-0.1, -0.05) is 6.92 Å². The Hall–Kier alpha value is -1.65. The molecule has 0 spiro atoms.